The second kappa shape index (κ2) is 10.7. The van der Waals surface area contributed by atoms with Crippen LogP contribution in [0.1, 0.15) is 50.0 Å². The highest BCUT2D eigenvalue weighted by Crippen LogP contribution is 2.52. The highest BCUT2D eigenvalue weighted by atomic mass is 35.5. The van der Waals surface area contributed by atoms with Gasteiger partial charge in [0.2, 0.25) is 5.78 Å². The molecule has 0 saturated carbocycles. The van der Waals surface area contributed by atoms with E-state index in [1.807, 2.05) is 0 Å². The van der Waals surface area contributed by atoms with Crippen LogP contribution in [0, 0.1) is 5.41 Å². The molecule has 2 amide bonds. The van der Waals surface area contributed by atoms with E-state index in [9.17, 15) is 32.5 Å². The van der Waals surface area contributed by atoms with Gasteiger partial charge in [0.05, 0.1) is 90.0 Å². The molecule has 0 spiro atoms. The van der Waals surface area contributed by atoms with Crippen molar-refractivity contribution < 1.29 is 32.5 Å². The van der Waals surface area contributed by atoms with Crippen LogP contribution in [0.4, 0.5) is 0 Å². The van der Waals surface area contributed by atoms with Crippen LogP contribution in [0.15, 0.2) is 45.1 Å². The third kappa shape index (κ3) is 4.57. The van der Waals surface area contributed by atoms with Gasteiger partial charge >= 0.3 is 0 Å². The minimum absolute atomic E-state index is 0.108. The standard InChI is InChI=1S/C27H10Cl8N2O7S/c1-27-3-2-7(9-22(38)10-11(23(9)39)15(29)19(33)18(32)14(10)28)36-24(27)8(4-6(5-27)45(42,43)44)37-25(40)12-13(26(37)41)17(31)21(35)20(34)16(12)30/h2-4,38H,5H2,1H3,(H,42,43,44). The summed E-state index contributed by atoms with van der Waals surface area (Å²) in [5.74, 6) is -3.57. The molecule has 2 aromatic rings. The maximum Gasteiger partial charge on any atom is 0.290 e. The van der Waals surface area contributed by atoms with Crippen LogP contribution >= 0.6 is 92.8 Å². The summed E-state index contributed by atoms with van der Waals surface area (Å²) in [5.41, 5.74) is -3.71. The fraction of sp³-hybridized carbons (Fsp3) is 0.111. The number of carbonyl (C=O) groups is 3. The van der Waals surface area contributed by atoms with E-state index in [1.54, 1.807) is 0 Å². The monoisotopic (exact) mass is 786 g/mol. The number of imide groups is 1. The van der Waals surface area contributed by atoms with E-state index in [0.29, 0.717) is 4.90 Å². The van der Waals surface area contributed by atoms with E-state index in [0.717, 1.165) is 6.08 Å². The van der Waals surface area contributed by atoms with Gasteiger partial charge in [0, 0.05) is 11.8 Å². The van der Waals surface area contributed by atoms with Crippen molar-refractivity contribution in [1.82, 2.24) is 4.90 Å². The summed E-state index contributed by atoms with van der Waals surface area (Å²) >= 11 is 49.7. The average molecular weight is 790 g/mol. The lowest BCUT2D eigenvalue weighted by atomic mass is 9.76. The fourth-order valence-corrected chi connectivity index (χ4v) is 8.24. The van der Waals surface area contributed by atoms with Gasteiger partial charge in [0.1, 0.15) is 5.76 Å². The number of aliphatic hydroxyl groups excluding tert-OH is 1. The summed E-state index contributed by atoms with van der Waals surface area (Å²) in [7, 11) is -4.87. The van der Waals surface area contributed by atoms with Crippen molar-refractivity contribution in [3.8, 4) is 0 Å². The first kappa shape index (κ1) is 32.8. The summed E-state index contributed by atoms with van der Waals surface area (Å²) in [4.78, 5) is 45.7. The van der Waals surface area contributed by atoms with Crippen LogP contribution in [0.3, 0.4) is 0 Å². The SMILES string of the molecule is CC12C=CC(C3=C(O)c4c(Cl)c(Cl)c(Cl)c(Cl)c4C3=O)=NC1=C(N1C(=O)c3c(Cl)c(Cl)c(Cl)c(Cl)c3C1=O)C=C(S(=O)(=O)O)C2. The van der Waals surface area contributed by atoms with Gasteiger partial charge in [0.15, 0.2) is 0 Å². The molecule has 0 fully saturated rings. The molecular weight excluding hydrogens is 780 g/mol. The van der Waals surface area contributed by atoms with Crippen molar-refractivity contribution in [2.24, 2.45) is 10.4 Å². The van der Waals surface area contributed by atoms with Crippen LogP contribution in [0.25, 0.3) is 5.76 Å². The minimum atomic E-state index is -4.87. The molecule has 0 radical (unpaired) electrons. The highest BCUT2D eigenvalue weighted by molar-refractivity contribution is 7.89. The quantitative estimate of drug-likeness (QED) is 0.137. The number of halogens is 8. The topological polar surface area (TPSA) is 141 Å². The number of hydrogen-bond donors (Lipinski definition) is 2. The number of Topliss-reactive ketones (excluding diaryl/α,β-unsaturated/α-hetero) is 1. The van der Waals surface area contributed by atoms with Crippen molar-refractivity contribution in [2.75, 3.05) is 0 Å². The normalized spacial score (nSPS) is 21.0. The molecule has 18 heteroatoms. The van der Waals surface area contributed by atoms with Crippen LogP contribution < -0.4 is 0 Å². The van der Waals surface area contributed by atoms with Crippen molar-refractivity contribution in [2.45, 2.75) is 13.3 Å². The molecule has 0 aromatic heterocycles. The maximum atomic E-state index is 13.8. The Morgan fingerprint density at radius 2 is 1.24 bits per heavy atom. The molecule has 232 valence electrons. The van der Waals surface area contributed by atoms with Crippen LogP contribution in [0.2, 0.25) is 40.2 Å². The number of aliphatic hydroxyl groups is 1. The smallest absolute Gasteiger partial charge is 0.290 e. The van der Waals surface area contributed by atoms with Crippen molar-refractivity contribution in [3.05, 3.63) is 103 Å². The number of fused-ring (bicyclic) bond motifs is 3. The number of aliphatic imine (C=N–C) groups is 1. The number of carbonyl (C=O) groups excluding carboxylic acids is 3. The minimum Gasteiger partial charge on any atom is -0.506 e. The van der Waals surface area contributed by atoms with Crippen molar-refractivity contribution in [1.29, 1.82) is 0 Å². The first-order valence-corrected chi connectivity index (χ1v) is 16.6. The van der Waals surface area contributed by atoms with E-state index in [2.05, 4.69) is 4.99 Å². The summed E-state index contributed by atoms with van der Waals surface area (Å²) in [6, 6.07) is 0. The van der Waals surface area contributed by atoms with Gasteiger partial charge in [-0.15, -0.1) is 0 Å². The number of allylic oxidation sites excluding steroid dienone is 5. The first-order valence-electron chi connectivity index (χ1n) is 12.1. The molecule has 0 bridgehead atoms. The van der Waals surface area contributed by atoms with Crippen molar-refractivity contribution >= 4 is 132 Å². The Balaban J connectivity index is 1.62. The Morgan fingerprint density at radius 1 is 0.778 bits per heavy atom. The van der Waals surface area contributed by atoms with Gasteiger partial charge in [-0.3, -0.25) is 18.9 Å². The second-order valence-electron chi connectivity index (χ2n) is 10.3. The Morgan fingerprint density at radius 3 is 1.73 bits per heavy atom. The first-order chi connectivity index (χ1) is 20.8. The molecular formula is C27H10Cl8N2O7S. The molecule has 4 aliphatic rings. The van der Waals surface area contributed by atoms with Gasteiger partial charge < -0.3 is 5.11 Å². The van der Waals surface area contributed by atoms with E-state index >= 15 is 0 Å². The highest BCUT2D eigenvalue weighted by Gasteiger charge is 2.49. The molecule has 1 atom stereocenters. The number of nitrogens with zero attached hydrogens (tertiary/aromatic N) is 2. The van der Waals surface area contributed by atoms with Crippen molar-refractivity contribution in [3.63, 3.8) is 0 Å². The molecule has 2 aromatic carbocycles. The van der Waals surface area contributed by atoms with Gasteiger partial charge in [-0.2, -0.15) is 8.42 Å². The summed E-state index contributed by atoms with van der Waals surface area (Å²) in [6.07, 6.45) is 3.24. The summed E-state index contributed by atoms with van der Waals surface area (Å²) < 4.78 is 34.7. The number of amides is 2. The molecule has 2 heterocycles. The lowest BCUT2D eigenvalue weighted by Gasteiger charge is -2.36. The zero-order valence-electron chi connectivity index (χ0n) is 21.7. The van der Waals surface area contributed by atoms with Gasteiger partial charge in [-0.25, -0.2) is 9.89 Å². The molecule has 2 aliphatic carbocycles. The Bertz CT molecular complexity index is 2140. The number of benzene rings is 2. The molecule has 9 nitrogen and oxygen atoms in total. The number of hydrogen-bond acceptors (Lipinski definition) is 7. The molecule has 1 unspecified atom stereocenters. The van der Waals surface area contributed by atoms with Gasteiger partial charge in [-0.1, -0.05) is 106 Å². The van der Waals surface area contributed by atoms with E-state index in [-0.39, 0.29) is 74.7 Å². The van der Waals surface area contributed by atoms with E-state index in [1.165, 1.54) is 19.1 Å². The van der Waals surface area contributed by atoms with Crippen LogP contribution in [-0.4, -0.2) is 46.3 Å². The average Bonchev–Trinajstić information content (AvgIpc) is 3.39. The number of rotatable bonds is 3. The molecule has 2 N–H and O–H groups in total. The predicted molar refractivity (Wildman–Crippen MR) is 173 cm³/mol. The predicted octanol–water partition coefficient (Wildman–Crippen LogP) is 9.08. The number of dihydropyridines is 1. The third-order valence-corrected chi connectivity index (χ3v) is 12.1. The molecule has 45 heavy (non-hydrogen) atoms. The summed E-state index contributed by atoms with van der Waals surface area (Å²) in [6.45, 7) is 1.51. The lowest BCUT2D eigenvalue weighted by molar-refractivity contribution is 0.0704. The van der Waals surface area contributed by atoms with Gasteiger partial charge in [-0.05, 0) is 12.2 Å². The third-order valence-electron chi connectivity index (χ3n) is 7.59. The lowest BCUT2D eigenvalue weighted by Crippen LogP contribution is -2.36. The zero-order chi connectivity index (χ0) is 33.2. The summed E-state index contributed by atoms with van der Waals surface area (Å²) in [5, 5.41) is 8.86. The zero-order valence-corrected chi connectivity index (χ0v) is 28.6. The van der Waals surface area contributed by atoms with Gasteiger partial charge in [0.25, 0.3) is 21.9 Å². The fourth-order valence-electron chi connectivity index (χ4n) is 5.46. The Kier molecular flexibility index (Phi) is 7.82. The second-order valence-corrected chi connectivity index (χ2v) is 14.8. The molecule has 2 aliphatic heterocycles. The molecule has 6 rings (SSSR count). The van der Waals surface area contributed by atoms with E-state index in [4.69, 9.17) is 92.8 Å². The van der Waals surface area contributed by atoms with E-state index < -0.39 is 60.6 Å². The Labute approximate surface area is 293 Å². The maximum absolute atomic E-state index is 13.8. The largest absolute Gasteiger partial charge is 0.506 e. The molecule has 0 saturated heterocycles. The van der Waals surface area contributed by atoms with Crippen LogP contribution in [0.5, 0.6) is 0 Å². The Hall–Kier alpha value is -2.09. The van der Waals surface area contributed by atoms with Crippen LogP contribution in [-0.2, 0) is 10.1 Å². The number of ketones is 1.